The Bertz CT molecular complexity index is 80.1. The molecule has 42 valence electrons. The highest BCUT2D eigenvalue weighted by Gasteiger charge is 2.36. The van der Waals surface area contributed by atoms with E-state index in [0.29, 0.717) is 0 Å². The second-order valence-corrected chi connectivity index (χ2v) is 2.46. The number of hydrogen-bond acceptors (Lipinski definition) is 2. The Balaban J connectivity index is 2.43. The minimum atomic E-state index is -0.431. The first-order chi connectivity index (χ1) is 3.13. The summed E-state index contributed by atoms with van der Waals surface area (Å²) in [5.41, 5.74) is -0.431. The fourth-order valence-electron chi connectivity index (χ4n) is 0.602. The molecule has 2 atom stereocenters. The van der Waals surface area contributed by atoms with Crippen LogP contribution in [0.4, 0.5) is 0 Å². The van der Waals surface area contributed by atoms with Crippen LogP contribution in [-0.2, 0) is 0 Å². The van der Waals surface area contributed by atoms with Gasteiger partial charge in [-0.15, -0.1) is 0 Å². The van der Waals surface area contributed by atoms with E-state index in [1.54, 1.807) is 0 Å². The molecule has 1 unspecified atom stereocenters. The summed E-state index contributed by atoms with van der Waals surface area (Å²) in [6.45, 7) is 4.56. The fourth-order valence-corrected chi connectivity index (χ4v) is 0.602. The highest BCUT2D eigenvalue weighted by molar-refractivity contribution is 4.96. The first-order valence-corrected chi connectivity index (χ1v) is 2.59. The van der Waals surface area contributed by atoms with Gasteiger partial charge in [0, 0.05) is 12.6 Å². The SMILES string of the molecule is CC1NC[C@]1(C)O. The minimum Gasteiger partial charge on any atom is -0.387 e. The maximum absolute atomic E-state index is 9.12. The smallest absolute Gasteiger partial charge is 0.0892 e. The lowest BCUT2D eigenvalue weighted by atomic mass is 9.90. The molecule has 0 spiro atoms. The average molecular weight is 101 g/mol. The molecule has 0 aromatic carbocycles. The molecule has 0 saturated carbocycles. The van der Waals surface area contributed by atoms with Gasteiger partial charge >= 0.3 is 0 Å². The summed E-state index contributed by atoms with van der Waals surface area (Å²) in [5.74, 6) is 0. The van der Waals surface area contributed by atoms with Gasteiger partial charge < -0.3 is 10.4 Å². The van der Waals surface area contributed by atoms with Gasteiger partial charge in [0.2, 0.25) is 0 Å². The number of hydrogen-bond donors (Lipinski definition) is 2. The maximum atomic E-state index is 9.12. The molecule has 7 heavy (non-hydrogen) atoms. The van der Waals surface area contributed by atoms with E-state index in [2.05, 4.69) is 5.32 Å². The van der Waals surface area contributed by atoms with Gasteiger partial charge in [-0.1, -0.05) is 0 Å². The van der Waals surface area contributed by atoms with Crippen molar-refractivity contribution in [2.45, 2.75) is 25.5 Å². The molecule has 1 saturated heterocycles. The van der Waals surface area contributed by atoms with Crippen molar-refractivity contribution in [2.75, 3.05) is 6.54 Å². The molecule has 2 heteroatoms. The highest BCUT2D eigenvalue weighted by atomic mass is 16.3. The van der Waals surface area contributed by atoms with E-state index >= 15 is 0 Å². The molecule has 1 rings (SSSR count). The van der Waals surface area contributed by atoms with E-state index < -0.39 is 5.60 Å². The quantitative estimate of drug-likeness (QED) is 0.440. The van der Waals surface area contributed by atoms with Crippen molar-refractivity contribution in [3.8, 4) is 0 Å². The van der Waals surface area contributed by atoms with E-state index in [1.807, 2.05) is 13.8 Å². The molecule has 0 bridgehead atoms. The normalized spacial score (nSPS) is 51.0. The topological polar surface area (TPSA) is 32.3 Å². The molecule has 0 aliphatic carbocycles. The number of nitrogens with one attached hydrogen (secondary N) is 1. The molecular weight excluding hydrogens is 90.1 g/mol. The third kappa shape index (κ3) is 0.640. The molecule has 2 nitrogen and oxygen atoms in total. The zero-order chi connectivity index (χ0) is 5.49. The van der Waals surface area contributed by atoms with Gasteiger partial charge in [-0.05, 0) is 13.8 Å². The summed E-state index contributed by atoms with van der Waals surface area (Å²) in [6.07, 6.45) is 0. The van der Waals surface area contributed by atoms with Crippen molar-refractivity contribution in [2.24, 2.45) is 0 Å². The van der Waals surface area contributed by atoms with Crippen molar-refractivity contribution in [1.82, 2.24) is 5.32 Å². The van der Waals surface area contributed by atoms with Gasteiger partial charge in [-0.3, -0.25) is 0 Å². The second-order valence-electron chi connectivity index (χ2n) is 2.46. The molecule has 0 aromatic rings. The molecule has 2 N–H and O–H groups in total. The Morgan fingerprint density at radius 1 is 1.86 bits per heavy atom. The summed E-state index contributed by atoms with van der Waals surface area (Å²) in [4.78, 5) is 0. The van der Waals surface area contributed by atoms with Crippen LogP contribution >= 0.6 is 0 Å². The third-order valence-electron chi connectivity index (χ3n) is 1.70. The van der Waals surface area contributed by atoms with Gasteiger partial charge in [0.05, 0.1) is 5.60 Å². The summed E-state index contributed by atoms with van der Waals surface area (Å²) in [7, 11) is 0. The lowest BCUT2D eigenvalue weighted by molar-refractivity contribution is -0.0335. The number of aliphatic hydroxyl groups is 1. The Labute approximate surface area is 43.5 Å². The van der Waals surface area contributed by atoms with E-state index in [1.165, 1.54) is 0 Å². The van der Waals surface area contributed by atoms with Gasteiger partial charge in [-0.2, -0.15) is 0 Å². The molecule has 1 heterocycles. The third-order valence-corrected chi connectivity index (χ3v) is 1.70. The zero-order valence-corrected chi connectivity index (χ0v) is 4.73. The molecule has 0 aromatic heterocycles. The van der Waals surface area contributed by atoms with Crippen molar-refractivity contribution in [1.29, 1.82) is 0 Å². The van der Waals surface area contributed by atoms with Crippen LogP contribution in [0.25, 0.3) is 0 Å². The van der Waals surface area contributed by atoms with Crippen LogP contribution in [0, 0.1) is 0 Å². The van der Waals surface area contributed by atoms with Gasteiger partial charge in [0.1, 0.15) is 0 Å². The summed E-state index contributed by atoms with van der Waals surface area (Å²) in [5, 5.41) is 12.2. The van der Waals surface area contributed by atoms with Crippen molar-refractivity contribution in [3.63, 3.8) is 0 Å². The van der Waals surface area contributed by atoms with Crippen LogP contribution in [0.2, 0.25) is 0 Å². The predicted molar refractivity (Wildman–Crippen MR) is 28.1 cm³/mol. The first kappa shape index (κ1) is 5.06. The summed E-state index contributed by atoms with van der Waals surface area (Å²) in [6, 6.07) is 0.285. The Morgan fingerprint density at radius 3 is 2.29 bits per heavy atom. The Hall–Kier alpha value is -0.0800. The molecule has 0 radical (unpaired) electrons. The van der Waals surface area contributed by atoms with E-state index in [4.69, 9.17) is 5.11 Å². The van der Waals surface area contributed by atoms with Gasteiger partial charge in [-0.25, -0.2) is 0 Å². The van der Waals surface area contributed by atoms with E-state index in [0.717, 1.165) is 6.54 Å². The highest BCUT2D eigenvalue weighted by Crippen LogP contribution is 2.16. The molecular formula is C5H11NO. The summed E-state index contributed by atoms with van der Waals surface area (Å²) < 4.78 is 0. The van der Waals surface area contributed by atoms with Crippen LogP contribution in [-0.4, -0.2) is 23.3 Å². The fraction of sp³-hybridized carbons (Fsp3) is 1.00. The van der Waals surface area contributed by atoms with Crippen LogP contribution in [0.1, 0.15) is 13.8 Å². The predicted octanol–water partition coefficient (Wildman–Crippen LogP) is -0.271. The number of rotatable bonds is 0. The van der Waals surface area contributed by atoms with Crippen molar-refractivity contribution < 1.29 is 5.11 Å². The monoisotopic (exact) mass is 101 g/mol. The van der Waals surface area contributed by atoms with Crippen LogP contribution < -0.4 is 5.32 Å². The molecule has 1 aliphatic rings. The van der Waals surface area contributed by atoms with E-state index in [9.17, 15) is 0 Å². The molecule has 1 fully saturated rings. The van der Waals surface area contributed by atoms with Gasteiger partial charge in [0.25, 0.3) is 0 Å². The van der Waals surface area contributed by atoms with E-state index in [-0.39, 0.29) is 6.04 Å². The molecule has 0 amide bonds. The second kappa shape index (κ2) is 1.20. The van der Waals surface area contributed by atoms with Gasteiger partial charge in [0.15, 0.2) is 0 Å². The maximum Gasteiger partial charge on any atom is 0.0892 e. The number of β-amino-alcohol motifs (C(OH)–C–C–N with tert-alkyl or cyclic N) is 1. The van der Waals surface area contributed by atoms with Crippen LogP contribution in [0.15, 0.2) is 0 Å². The first-order valence-electron chi connectivity index (χ1n) is 2.59. The van der Waals surface area contributed by atoms with Crippen molar-refractivity contribution >= 4 is 0 Å². The standard InChI is InChI=1S/C5H11NO/c1-4-5(2,7)3-6-4/h4,6-7H,3H2,1-2H3/t4?,5-/m0/s1. The minimum absolute atomic E-state index is 0.285. The Morgan fingerprint density at radius 2 is 2.29 bits per heavy atom. The van der Waals surface area contributed by atoms with Crippen molar-refractivity contribution in [3.05, 3.63) is 0 Å². The zero-order valence-electron chi connectivity index (χ0n) is 4.73. The molecule has 1 aliphatic heterocycles. The van der Waals surface area contributed by atoms with Crippen LogP contribution in [0.5, 0.6) is 0 Å². The lowest BCUT2D eigenvalue weighted by Gasteiger charge is -2.41. The Kier molecular flexibility index (Phi) is 0.869. The van der Waals surface area contributed by atoms with Crippen LogP contribution in [0.3, 0.4) is 0 Å². The largest absolute Gasteiger partial charge is 0.387 e. The lowest BCUT2D eigenvalue weighted by Crippen LogP contribution is -2.64. The summed E-state index contributed by atoms with van der Waals surface area (Å²) >= 11 is 0. The average Bonchev–Trinajstić information content (AvgIpc) is 1.63.